The Morgan fingerprint density at radius 3 is 2.61 bits per heavy atom. The van der Waals surface area contributed by atoms with Crippen LogP contribution in [0.15, 0.2) is 18.2 Å². The summed E-state index contributed by atoms with van der Waals surface area (Å²) in [6.07, 6.45) is 0. The summed E-state index contributed by atoms with van der Waals surface area (Å²) in [4.78, 5) is 23.4. The number of nitro groups is 1. The van der Waals surface area contributed by atoms with Crippen molar-refractivity contribution in [1.29, 1.82) is 5.26 Å². The topological polar surface area (TPSA) is 87.2 Å². The number of nitrogens with zero attached hydrogens (tertiary/aromatic N) is 3. The van der Waals surface area contributed by atoms with Gasteiger partial charge >= 0.3 is 0 Å². The average Bonchev–Trinajstić information content (AvgIpc) is 2.35. The molecule has 6 heteroatoms. The number of carbonyl (C=O) groups is 1. The van der Waals surface area contributed by atoms with Crippen molar-refractivity contribution in [2.75, 3.05) is 7.05 Å². The number of aryl methyl sites for hydroxylation is 1. The smallest absolute Gasteiger partial charge is 0.269 e. The minimum absolute atomic E-state index is 0.0555. The first kappa shape index (κ1) is 13.6. The van der Waals surface area contributed by atoms with Crippen molar-refractivity contribution in [2.24, 2.45) is 0 Å². The molecular formula is C12H13N3O3. The Balaban J connectivity index is 3.09. The zero-order valence-electron chi connectivity index (χ0n) is 10.4. The second kappa shape index (κ2) is 5.27. The maximum Gasteiger partial charge on any atom is 0.269 e. The third kappa shape index (κ3) is 2.63. The number of nitro benzene ring substituents is 1. The summed E-state index contributed by atoms with van der Waals surface area (Å²) in [6, 6.07) is 5.45. The normalized spacial score (nSPS) is 11.4. The average molecular weight is 247 g/mol. The summed E-state index contributed by atoms with van der Waals surface area (Å²) in [5.74, 6) is -0.323. The predicted molar refractivity (Wildman–Crippen MR) is 65.0 cm³/mol. The molecule has 0 aliphatic heterocycles. The quantitative estimate of drug-likeness (QED) is 0.602. The summed E-state index contributed by atoms with van der Waals surface area (Å²) >= 11 is 0. The maximum atomic E-state index is 12.1. The van der Waals surface area contributed by atoms with Crippen LogP contribution in [0.5, 0.6) is 0 Å². The Bertz CT molecular complexity index is 534. The van der Waals surface area contributed by atoms with Gasteiger partial charge in [-0.15, -0.1) is 0 Å². The van der Waals surface area contributed by atoms with Crippen LogP contribution in [0.1, 0.15) is 22.8 Å². The second-order valence-corrected chi connectivity index (χ2v) is 3.98. The molecule has 1 aromatic carbocycles. The molecule has 0 heterocycles. The summed E-state index contributed by atoms with van der Waals surface area (Å²) in [7, 11) is 1.52. The highest BCUT2D eigenvalue weighted by Gasteiger charge is 2.20. The van der Waals surface area contributed by atoms with Gasteiger partial charge < -0.3 is 4.90 Å². The predicted octanol–water partition coefficient (Wildman–Crippen LogP) is 1.89. The van der Waals surface area contributed by atoms with Gasteiger partial charge in [0.25, 0.3) is 11.6 Å². The molecule has 1 unspecified atom stereocenters. The van der Waals surface area contributed by atoms with Crippen LogP contribution in [0.25, 0.3) is 0 Å². The van der Waals surface area contributed by atoms with Crippen LogP contribution in [0, 0.1) is 28.4 Å². The van der Waals surface area contributed by atoms with Gasteiger partial charge in [-0.1, -0.05) is 0 Å². The molecule has 0 N–H and O–H groups in total. The van der Waals surface area contributed by atoms with Crippen molar-refractivity contribution in [3.63, 3.8) is 0 Å². The number of amides is 1. The molecule has 1 atom stereocenters. The van der Waals surface area contributed by atoms with Gasteiger partial charge in [-0.3, -0.25) is 14.9 Å². The molecule has 0 bridgehead atoms. The van der Waals surface area contributed by atoms with E-state index in [2.05, 4.69) is 0 Å². The summed E-state index contributed by atoms with van der Waals surface area (Å²) < 4.78 is 0. The summed E-state index contributed by atoms with van der Waals surface area (Å²) in [6.45, 7) is 3.24. The molecular weight excluding hydrogens is 234 g/mol. The van der Waals surface area contributed by atoms with Gasteiger partial charge in [-0.05, 0) is 25.5 Å². The highest BCUT2D eigenvalue weighted by molar-refractivity contribution is 5.96. The van der Waals surface area contributed by atoms with E-state index in [1.807, 2.05) is 6.07 Å². The zero-order valence-corrected chi connectivity index (χ0v) is 10.4. The van der Waals surface area contributed by atoms with E-state index in [-0.39, 0.29) is 11.6 Å². The van der Waals surface area contributed by atoms with E-state index in [0.29, 0.717) is 11.1 Å². The number of carbonyl (C=O) groups excluding carboxylic acids is 1. The summed E-state index contributed by atoms with van der Waals surface area (Å²) in [5.41, 5.74) is 0.830. The molecule has 1 rings (SSSR count). The number of hydrogen-bond acceptors (Lipinski definition) is 4. The van der Waals surface area contributed by atoms with Gasteiger partial charge in [0.1, 0.15) is 6.04 Å². The van der Waals surface area contributed by atoms with E-state index in [0.717, 1.165) is 0 Å². The van der Waals surface area contributed by atoms with Crippen LogP contribution >= 0.6 is 0 Å². The van der Waals surface area contributed by atoms with Gasteiger partial charge in [0, 0.05) is 24.7 Å². The Morgan fingerprint density at radius 1 is 1.56 bits per heavy atom. The third-order valence-corrected chi connectivity index (χ3v) is 2.74. The van der Waals surface area contributed by atoms with Crippen molar-refractivity contribution in [3.8, 4) is 6.07 Å². The first-order valence-electron chi connectivity index (χ1n) is 5.30. The van der Waals surface area contributed by atoms with E-state index in [1.54, 1.807) is 13.8 Å². The maximum absolute atomic E-state index is 12.1. The lowest BCUT2D eigenvalue weighted by Gasteiger charge is -2.20. The molecule has 6 nitrogen and oxygen atoms in total. The number of hydrogen-bond donors (Lipinski definition) is 0. The molecule has 0 saturated heterocycles. The first-order chi connectivity index (χ1) is 8.38. The number of rotatable bonds is 3. The van der Waals surface area contributed by atoms with Crippen LogP contribution in [-0.4, -0.2) is 28.8 Å². The van der Waals surface area contributed by atoms with E-state index in [1.165, 1.54) is 30.1 Å². The van der Waals surface area contributed by atoms with E-state index in [4.69, 9.17) is 5.26 Å². The Morgan fingerprint density at radius 2 is 2.17 bits per heavy atom. The van der Waals surface area contributed by atoms with Crippen molar-refractivity contribution >= 4 is 11.6 Å². The second-order valence-electron chi connectivity index (χ2n) is 3.98. The van der Waals surface area contributed by atoms with Gasteiger partial charge in [0.15, 0.2) is 0 Å². The Labute approximate surface area is 105 Å². The van der Waals surface area contributed by atoms with Gasteiger partial charge in [0.05, 0.1) is 11.0 Å². The number of non-ortho nitro benzene ring substituents is 1. The monoisotopic (exact) mass is 247 g/mol. The molecule has 0 aliphatic carbocycles. The fraction of sp³-hybridized carbons (Fsp3) is 0.333. The minimum atomic E-state index is -0.549. The van der Waals surface area contributed by atoms with Crippen LogP contribution in [-0.2, 0) is 0 Å². The van der Waals surface area contributed by atoms with Crippen molar-refractivity contribution in [3.05, 3.63) is 39.4 Å². The fourth-order valence-corrected chi connectivity index (χ4v) is 1.45. The van der Waals surface area contributed by atoms with Crippen molar-refractivity contribution < 1.29 is 9.72 Å². The van der Waals surface area contributed by atoms with Crippen LogP contribution in [0.3, 0.4) is 0 Å². The molecule has 0 radical (unpaired) electrons. The van der Waals surface area contributed by atoms with Gasteiger partial charge in [0.2, 0.25) is 0 Å². The fourth-order valence-electron chi connectivity index (χ4n) is 1.45. The first-order valence-corrected chi connectivity index (χ1v) is 5.30. The molecule has 18 heavy (non-hydrogen) atoms. The summed E-state index contributed by atoms with van der Waals surface area (Å²) in [5, 5.41) is 19.3. The molecule has 94 valence electrons. The highest BCUT2D eigenvalue weighted by atomic mass is 16.6. The SMILES string of the molecule is Cc1cc([N+](=O)[O-])ccc1C(=O)N(C)C(C)C#N. The molecule has 0 aromatic heterocycles. The number of benzene rings is 1. The lowest BCUT2D eigenvalue weighted by Crippen LogP contribution is -2.34. The van der Waals surface area contributed by atoms with E-state index >= 15 is 0 Å². The molecule has 1 amide bonds. The van der Waals surface area contributed by atoms with E-state index < -0.39 is 11.0 Å². The Kier molecular flexibility index (Phi) is 4.00. The highest BCUT2D eigenvalue weighted by Crippen LogP contribution is 2.18. The largest absolute Gasteiger partial charge is 0.326 e. The minimum Gasteiger partial charge on any atom is -0.326 e. The molecule has 0 saturated carbocycles. The van der Waals surface area contributed by atoms with Crippen LogP contribution in [0.4, 0.5) is 5.69 Å². The molecule has 0 fully saturated rings. The van der Waals surface area contributed by atoms with Gasteiger partial charge in [-0.25, -0.2) is 0 Å². The van der Waals surface area contributed by atoms with Crippen molar-refractivity contribution in [1.82, 2.24) is 4.90 Å². The molecule has 0 aliphatic rings. The molecule has 0 spiro atoms. The van der Waals surface area contributed by atoms with Crippen molar-refractivity contribution in [2.45, 2.75) is 19.9 Å². The van der Waals surface area contributed by atoms with Gasteiger partial charge in [-0.2, -0.15) is 5.26 Å². The number of nitriles is 1. The lowest BCUT2D eigenvalue weighted by atomic mass is 10.1. The Hall–Kier alpha value is -2.42. The standard InChI is InChI=1S/C12H13N3O3/c1-8-6-10(15(17)18)4-5-11(8)12(16)14(3)9(2)7-13/h4-6,9H,1-3H3. The van der Waals surface area contributed by atoms with E-state index in [9.17, 15) is 14.9 Å². The molecule has 1 aromatic rings. The van der Waals surface area contributed by atoms with Crippen LogP contribution < -0.4 is 0 Å². The third-order valence-electron chi connectivity index (χ3n) is 2.74. The lowest BCUT2D eigenvalue weighted by molar-refractivity contribution is -0.384. The zero-order chi connectivity index (χ0) is 13.9. The van der Waals surface area contributed by atoms with Crippen LogP contribution in [0.2, 0.25) is 0 Å².